The maximum absolute atomic E-state index is 4.81. The molecule has 0 amide bonds. The number of aromatic nitrogens is 2. The third-order valence-electron chi connectivity index (χ3n) is 5.29. The van der Waals surface area contributed by atoms with Gasteiger partial charge in [0.05, 0.1) is 0 Å². The molecular formula is C24H29N5. The fraction of sp³-hybridized carbons (Fsp3) is 0.333. The van der Waals surface area contributed by atoms with E-state index in [1.165, 1.54) is 22.4 Å². The topological polar surface area (TPSA) is 44.3 Å². The minimum atomic E-state index is 0.658. The van der Waals surface area contributed by atoms with Crippen molar-refractivity contribution >= 4 is 23.1 Å². The van der Waals surface area contributed by atoms with E-state index >= 15 is 0 Å². The molecule has 2 aromatic carbocycles. The minimum absolute atomic E-state index is 0.658. The van der Waals surface area contributed by atoms with E-state index in [4.69, 9.17) is 4.98 Å². The predicted octanol–water partition coefficient (Wildman–Crippen LogP) is 4.78. The molecule has 3 aromatic rings. The summed E-state index contributed by atoms with van der Waals surface area (Å²) < 4.78 is 0. The number of benzene rings is 2. The van der Waals surface area contributed by atoms with Crippen LogP contribution in [0.5, 0.6) is 0 Å². The smallest absolute Gasteiger partial charge is 0.229 e. The lowest BCUT2D eigenvalue weighted by Gasteiger charge is -2.37. The standard InChI is InChI=1S/C24H29N5/c1-17-6-5-7-22(15-17)28-8-10-29(11-9-28)23-16-20(4)25-24(27-23)26-21-13-18(2)12-19(3)14-21/h5-7,12-16H,8-11H2,1-4H3,(H,25,26,27). The van der Waals surface area contributed by atoms with Gasteiger partial charge in [-0.25, -0.2) is 4.98 Å². The third-order valence-corrected chi connectivity index (χ3v) is 5.29. The Balaban J connectivity index is 1.48. The zero-order chi connectivity index (χ0) is 20.4. The van der Waals surface area contributed by atoms with Crippen molar-refractivity contribution in [3.63, 3.8) is 0 Å². The Labute approximate surface area is 173 Å². The van der Waals surface area contributed by atoms with Crippen LogP contribution in [0.2, 0.25) is 0 Å². The van der Waals surface area contributed by atoms with Crippen molar-refractivity contribution in [1.29, 1.82) is 0 Å². The van der Waals surface area contributed by atoms with Crippen LogP contribution in [-0.4, -0.2) is 36.1 Å². The number of rotatable bonds is 4. The van der Waals surface area contributed by atoms with E-state index in [9.17, 15) is 0 Å². The van der Waals surface area contributed by atoms with E-state index in [2.05, 4.69) is 89.4 Å². The average molecular weight is 388 g/mol. The van der Waals surface area contributed by atoms with Crippen molar-refractivity contribution < 1.29 is 0 Å². The van der Waals surface area contributed by atoms with Crippen molar-refractivity contribution in [2.24, 2.45) is 0 Å². The number of anilines is 4. The van der Waals surface area contributed by atoms with Crippen molar-refractivity contribution in [3.05, 3.63) is 70.9 Å². The molecule has 0 radical (unpaired) electrons. The van der Waals surface area contributed by atoms with Gasteiger partial charge in [0, 0.05) is 49.3 Å². The van der Waals surface area contributed by atoms with E-state index < -0.39 is 0 Å². The molecule has 1 aromatic heterocycles. The summed E-state index contributed by atoms with van der Waals surface area (Å²) in [4.78, 5) is 14.2. The Morgan fingerprint density at radius 1 is 0.724 bits per heavy atom. The van der Waals surface area contributed by atoms with E-state index in [-0.39, 0.29) is 0 Å². The fourth-order valence-electron chi connectivity index (χ4n) is 3.96. The number of piperazine rings is 1. The summed E-state index contributed by atoms with van der Waals surface area (Å²) in [5, 5.41) is 3.39. The Bertz CT molecular complexity index is 986. The first-order valence-corrected chi connectivity index (χ1v) is 10.2. The zero-order valence-corrected chi connectivity index (χ0v) is 17.7. The van der Waals surface area contributed by atoms with E-state index in [0.29, 0.717) is 5.95 Å². The van der Waals surface area contributed by atoms with Crippen LogP contribution in [0.25, 0.3) is 0 Å². The molecule has 5 nitrogen and oxygen atoms in total. The van der Waals surface area contributed by atoms with Gasteiger partial charge in [-0.15, -0.1) is 0 Å². The molecule has 0 bridgehead atoms. The van der Waals surface area contributed by atoms with Crippen LogP contribution in [0.4, 0.5) is 23.1 Å². The van der Waals surface area contributed by atoms with Crippen LogP contribution in [0.15, 0.2) is 48.5 Å². The Morgan fingerprint density at radius 3 is 2.10 bits per heavy atom. The molecule has 1 saturated heterocycles. The SMILES string of the molecule is Cc1cc(C)cc(Nc2nc(C)cc(N3CCN(c4cccc(C)c4)CC3)n2)c1. The van der Waals surface area contributed by atoms with E-state index in [0.717, 1.165) is 43.4 Å². The minimum Gasteiger partial charge on any atom is -0.368 e. The number of hydrogen-bond donors (Lipinski definition) is 1. The first-order chi connectivity index (χ1) is 14.0. The van der Waals surface area contributed by atoms with Crippen LogP contribution in [0, 0.1) is 27.7 Å². The van der Waals surface area contributed by atoms with Crippen molar-refractivity contribution in [1.82, 2.24) is 9.97 Å². The molecule has 29 heavy (non-hydrogen) atoms. The summed E-state index contributed by atoms with van der Waals surface area (Å²) in [5.74, 6) is 1.65. The van der Waals surface area contributed by atoms with Crippen LogP contribution >= 0.6 is 0 Å². The first kappa shape index (κ1) is 19.2. The first-order valence-electron chi connectivity index (χ1n) is 10.2. The quantitative estimate of drug-likeness (QED) is 0.698. The van der Waals surface area contributed by atoms with Gasteiger partial charge in [-0.05, 0) is 68.7 Å². The molecule has 150 valence electrons. The summed E-state index contributed by atoms with van der Waals surface area (Å²) in [5.41, 5.74) is 7.07. The van der Waals surface area contributed by atoms with Crippen molar-refractivity contribution in [3.8, 4) is 0 Å². The number of aryl methyl sites for hydroxylation is 4. The van der Waals surface area contributed by atoms with Gasteiger partial charge in [0.15, 0.2) is 0 Å². The second kappa shape index (κ2) is 8.11. The summed E-state index contributed by atoms with van der Waals surface area (Å²) in [6.07, 6.45) is 0. The van der Waals surface area contributed by atoms with E-state index in [1.807, 2.05) is 6.92 Å². The molecule has 5 heteroatoms. The molecular weight excluding hydrogens is 358 g/mol. The molecule has 0 unspecified atom stereocenters. The van der Waals surface area contributed by atoms with Gasteiger partial charge in [-0.3, -0.25) is 0 Å². The van der Waals surface area contributed by atoms with Crippen LogP contribution < -0.4 is 15.1 Å². The van der Waals surface area contributed by atoms with E-state index in [1.54, 1.807) is 0 Å². The molecule has 1 fully saturated rings. The monoisotopic (exact) mass is 387 g/mol. The van der Waals surface area contributed by atoms with Crippen molar-refractivity contribution in [2.75, 3.05) is 41.3 Å². The van der Waals surface area contributed by atoms with Gasteiger partial charge in [0.2, 0.25) is 5.95 Å². The summed E-state index contributed by atoms with van der Waals surface area (Å²) in [6.45, 7) is 12.3. The largest absolute Gasteiger partial charge is 0.368 e. The van der Waals surface area contributed by atoms with Crippen LogP contribution in [0.3, 0.4) is 0 Å². The van der Waals surface area contributed by atoms with Gasteiger partial charge in [-0.1, -0.05) is 18.2 Å². The van der Waals surface area contributed by atoms with Gasteiger partial charge in [0.25, 0.3) is 0 Å². The normalized spacial score (nSPS) is 14.2. The lowest BCUT2D eigenvalue weighted by Crippen LogP contribution is -2.47. The Kier molecular flexibility index (Phi) is 5.38. The molecule has 1 aliphatic heterocycles. The average Bonchev–Trinajstić information content (AvgIpc) is 2.67. The van der Waals surface area contributed by atoms with Gasteiger partial charge in [-0.2, -0.15) is 4.98 Å². The maximum Gasteiger partial charge on any atom is 0.229 e. The molecule has 4 rings (SSSR count). The number of hydrogen-bond acceptors (Lipinski definition) is 5. The maximum atomic E-state index is 4.81. The Morgan fingerprint density at radius 2 is 1.41 bits per heavy atom. The molecule has 1 aliphatic rings. The fourth-order valence-corrected chi connectivity index (χ4v) is 3.96. The molecule has 0 atom stereocenters. The lowest BCUT2D eigenvalue weighted by atomic mass is 10.1. The summed E-state index contributed by atoms with van der Waals surface area (Å²) in [6, 6.07) is 17.2. The molecule has 0 aliphatic carbocycles. The Hall–Kier alpha value is -3.08. The van der Waals surface area contributed by atoms with Gasteiger partial charge >= 0.3 is 0 Å². The van der Waals surface area contributed by atoms with Crippen LogP contribution in [-0.2, 0) is 0 Å². The second-order valence-electron chi connectivity index (χ2n) is 8.01. The second-order valence-corrected chi connectivity index (χ2v) is 8.01. The summed E-state index contributed by atoms with van der Waals surface area (Å²) >= 11 is 0. The highest BCUT2D eigenvalue weighted by molar-refractivity contribution is 5.58. The lowest BCUT2D eigenvalue weighted by molar-refractivity contribution is 0.646. The third kappa shape index (κ3) is 4.67. The molecule has 2 heterocycles. The number of nitrogens with zero attached hydrogens (tertiary/aromatic N) is 4. The van der Waals surface area contributed by atoms with Gasteiger partial charge < -0.3 is 15.1 Å². The highest BCUT2D eigenvalue weighted by Gasteiger charge is 2.19. The molecule has 0 saturated carbocycles. The summed E-state index contributed by atoms with van der Waals surface area (Å²) in [7, 11) is 0. The molecule has 0 spiro atoms. The van der Waals surface area contributed by atoms with Crippen LogP contribution in [0.1, 0.15) is 22.4 Å². The highest BCUT2D eigenvalue weighted by Crippen LogP contribution is 2.23. The zero-order valence-electron chi connectivity index (χ0n) is 17.7. The molecule has 1 N–H and O–H groups in total. The number of nitrogens with one attached hydrogen (secondary N) is 1. The predicted molar refractivity (Wildman–Crippen MR) is 122 cm³/mol. The van der Waals surface area contributed by atoms with Crippen molar-refractivity contribution in [2.45, 2.75) is 27.7 Å². The highest BCUT2D eigenvalue weighted by atomic mass is 15.3. The van der Waals surface area contributed by atoms with Gasteiger partial charge in [0.1, 0.15) is 5.82 Å².